The summed E-state index contributed by atoms with van der Waals surface area (Å²) in [6.45, 7) is 1.80. The molecule has 1 atom stereocenters. The fourth-order valence-electron chi connectivity index (χ4n) is 1.70. The van der Waals surface area contributed by atoms with Crippen LogP contribution in [-0.4, -0.2) is 20.6 Å². The lowest BCUT2D eigenvalue weighted by Crippen LogP contribution is -2.24. The van der Waals surface area contributed by atoms with Gasteiger partial charge >= 0.3 is 5.97 Å². The summed E-state index contributed by atoms with van der Waals surface area (Å²) in [5, 5.41) is 8.92. The van der Waals surface area contributed by atoms with E-state index in [4.69, 9.17) is 5.11 Å². The van der Waals surface area contributed by atoms with E-state index >= 15 is 0 Å². The van der Waals surface area contributed by atoms with Gasteiger partial charge in [-0.25, -0.2) is 4.79 Å². The molecular weight excluding hydrogens is 232 g/mol. The van der Waals surface area contributed by atoms with Crippen molar-refractivity contribution in [1.82, 2.24) is 9.55 Å². The highest BCUT2D eigenvalue weighted by Gasteiger charge is 2.12. The molecule has 2 rings (SSSR count). The van der Waals surface area contributed by atoms with Gasteiger partial charge in [-0.05, 0) is 25.1 Å². The van der Waals surface area contributed by atoms with Crippen molar-refractivity contribution in [3.05, 3.63) is 64.3 Å². The number of pyridine rings is 2. The lowest BCUT2D eigenvalue weighted by Gasteiger charge is -2.14. The minimum Gasteiger partial charge on any atom is -0.478 e. The molecule has 0 saturated heterocycles. The van der Waals surface area contributed by atoms with Crippen LogP contribution in [0.1, 0.15) is 29.0 Å². The van der Waals surface area contributed by atoms with Gasteiger partial charge in [0.2, 0.25) is 0 Å². The Kier molecular flexibility index (Phi) is 3.23. The largest absolute Gasteiger partial charge is 0.478 e. The lowest BCUT2D eigenvalue weighted by atomic mass is 10.2. The summed E-state index contributed by atoms with van der Waals surface area (Å²) in [5.74, 6) is -1.06. The zero-order chi connectivity index (χ0) is 13.1. The Morgan fingerprint density at radius 1 is 1.33 bits per heavy atom. The Labute approximate surface area is 103 Å². The molecule has 0 aliphatic heterocycles. The summed E-state index contributed by atoms with van der Waals surface area (Å²) < 4.78 is 1.37. The van der Waals surface area contributed by atoms with Gasteiger partial charge < -0.3 is 9.67 Å². The van der Waals surface area contributed by atoms with Crippen LogP contribution in [0, 0.1) is 0 Å². The first kappa shape index (κ1) is 12.0. The number of hydrogen-bond donors (Lipinski definition) is 1. The molecule has 1 N–H and O–H groups in total. The molecule has 2 aromatic heterocycles. The Hall–Kier alpha value is -2.43. The van der Waals surface area contributed by atoms with Gasteiger partial charge in [-0.15, -0.1) is 0 Å². The average molecular weight is 244 g/mol. The van der Waals surface area contributed by atoms with Gasteiger partial charge in [0.1, 0.15) is 0 Å². The maximum Gasteiger partial charge on any atom is 0.337 e. The highest BCUT2D eigenvalue weighted by molar-refractivity contribution is 5.87. The predicted octanol–water partition coefficient (Wildman–Crippen LogP) is 1.55. The first-order chi connectivity index (χ1) is 8.59. The van der Waals surface area contributed by atoms with Crippen LogP contribution in [0.15, 0.2) is 47.5 Å². The minimum atomic E-state index is -1.06. The first-order valence-electron chi connectivity index (χ1n) is 5.46. The molecule has 0 bridgehead atoms. The van der Waals surface area contributed by atoms with Crippen LogP contribution >= 0.6 is 0 Å². The Morgan fingerprint density at radius 2 is 2.11 bits per heavy atom. The molecule has 0 amide bonds. The monoisotopic (exact) mass is 244 g/mol. The lowest BCUT2D eigenvalue weighted by molar-refractivity contribution is 0.0695. The summed E-state index contributed by atoms with van der Waals surface area (Å²) in [4.78, 5) is 26.8. The highest BCUT2D eigenvalue weighted by atomic mass is 16.4. The summed E-state index contributed by atoms with van der Waals surface area (Å²) in [6, 6.07) is 7.65. The minimum absolute atomic E-state index is 0.0809. The molecule has 0 radical (unpaired) electrons. The molecule has 2 aromatic rings. The van der Waals surface area contributed by atoms with Crippen molar-refractivity contribution in [3.8, 4) is 0 Å². The van der Waals surface area contributed by atoms with E-state index in [9.17, 15) is 9.59 Å². The third kappa shape index (κ3) is 2.29. The van der Waals surface area contributed by atoms with Crippen molar-refractivity contribution < 1.29 is 9.90 Å². The molecule has 18 heavy (non-hydrogen) atoms. The second-order valence-corrected chi connectivity index (χ2v) is 3.90. The molecule has 5 nitrogen and oxygen atoms in total. The zero-order valence-electron chi connectivity index (χ0n) is 9.78. The Bertz CT molecular complexity index is 620. The molecule has 0 fully saturated rings. The fourth-order valence-corrected chi connectivity index (χ4v) is 1.70. The molecule has 92 valence electrons. The number of carboxylic acid groups (broad SMARTS) is 1. The second-order valence-electron chi connectivity index (χ2n) is 3.90. The molecule has 0 spiro atoms. The topological polar surface area (TPSA) is 72.2 Å². The second kappa shape index (κ2) is 4.83. The summed E-state index contributed by atoms with van der Waals surface area (Å²) >= 11 is 0. The first-order valence-corrected chi connectivity index (χ1v) is 5.46. The quantitative estimate of drug-likeness (QED) is 0.889. The van der Waals surface area contributed by atoms with Gasteiger partial charge in [0.25, 0.3) is 5.56 Å². The summed E-state index contributed by atoms with van der Waals surface area (Å²) in [5.41, 5.74) is 0.540. The van der Waals surface area contributed by atoms with Crippen LogP contribution in [0.5, 0.6) is 0 Å². The maximum atomic E-state index is 11.8. The molecule has 1 unspecified atom stereocenters. The van der Waals surface area contributed by atoms with E-state index in [1.165, 1.54) is 22.9 Å². The van der Waals surface area contributed by atoms with Gasteiger partial charge in [-0.1, -0.05) is 6.07 Å². The third-order valence-corrected chi connectivity index (χ3v) is 2.72. The number of hydrogen-bond acceptors (Lipinski definition) is 3. The zero-order valence-corrected chi connectivity index (χ0v) is 9.78. The molecule has 2 heterocycles. The van der Waals surface area contributed by atoms with Crippen molar-refractivity contribution in [1.29, 1.82) is 0 Å². The SMILES string of the molecule is CC(c1ccccn1)n1cc(C(=O)O)ccc1=O. The highest BCUT2D eigenvalue weighted by Crippen LogP contribution is 2.13. The van der Waals surface area contributed by atoms with E-state index in [1.807, 2.05) is 6.07 Å². The molecule has 0 aliphatic carbocycles. The van der Waals surface area contributed by atoms with E-state index in [2.05, 4.69) is 4.98 Å². The van der Waals surface area contributed by atoms with Gasteiger partial charge in [-0.3, -0.25) is 9.78 Å². The van der Waals surface area contributed by atoms with E-state index in [1.54, 1.807) is 25.3 Å². The number of carbonyl (C=O) groups is 1. The number of aromatic nitrogens is 2. The molecule has 0 aliphatic rings. The van der Waals surface area contributed by atoms with Crippen molar-refractivity contribution in [2.24, 2.45) is 0 Å². The van der Waals surface area contributed by atoms with Crippen molar-refractivity contribution in [3.63, 3.8) is 0 Å². The van der Waals surface area contributed by atoms with E-state index < -0.39 is 5.97 Å². The summed E-state index contributed by atoms with van der Waals surface area (Å²) in [6.07, 6.45) is 2.97. The maximum absolute atomic E-state index is 11.8. The van der Waals surface area contributed by atoms with Crippen LogP contribution in [-0.2, 0) is 0 Å². The number of carboxylic acids is 1. The number of aromatic carboxylic acids is 1. The van der Waals surface area contributed by atoms with Gasteiger partial charge in [0.15, 0.2) is 0 Å². The predicted molar refractivity (Wildman–Crippen MR) is 65.7 cm³/mol. The van der Waals surface area contributed by atoms with Crippen molar-refractivity contribution in [2.75, 3.05) is 0 Å². The van der Waals surface area contributed by atoms with Gasteiger partial charge in [0.05, 0.1) is 17.3 Å². The smallest absolute Gasteiger partial charge is 0.337 e. The van der Waals surface area contributed by atoms with Crippen molar-refractivity contribution >= 4 is 5.97 Å². The average Bonchev–Trinajstić information content (AvgIpc) is 2.39. The van der Waals surface area contributed by atoms with Crippen LogP contribution < -0.4 is 5.56 Å². The van der Waals surface area contributed by atoms with E-state index in [0.717, 1.165) is 0 Å². The molecule has 0 aromatic carbocycles. The van der Waals surface area contributed by atoms with Crippen LogP contribution in [0.4, 0.5) is 0 Å². The standard InChI is InChI=1S/C13H12N2O3/c1-9(11-4-2-3-7-14-11)15-8-10(13(17)18)5-6-12(15)16/h2-9H,1H3,(H,17,18). The molecule has 0 saturated carbocycles. The molecule has 5 heteroatoms. The molecular formula is C13H12N2O3. The van der Waals surface area contributed by atoms with E-state index in [-0.39, 0.29) is 17.2 Å². The normalized spacial score (nSPS) is 12.1. The van der Waals surface area contributed by atoms with Crippen molar-refractivity contribution in [2.45, 2.75) is 13.0 Å². The summed E-state index contributed by atoms with van der Waals surface area (Å²) in [7, 11) is 0. The fraction of sp³-hybridized carbons (Fsp3) is 0.154. The third-order valence-electron chi connectivity index (χ3n) is 2.72. The Morgan fingerprint density at radius 3 is 2.72 bits per heavy atom. The van der Waals surface area contributed by atoms with Gasteiger partial charge in [0, 0.05) is 18.5 Å². The van der Waals surface area contributed by atoms with Crippen LogP contribution in [0.3, 0.4) is 0 Å². The number of rotatable bonds is 3. The van der Waals surface area contributed by atoms with Gasteiger partial charge in [-0.2, -0.15) is 0 Å². The van der Waals surface area contributed by atoms with Crippen LogP contribution in [0.25, 0.3) is 0 Å². The number of nitrogens with zero attached hydrogens (tertiary/aromatic N) is 2. The van der Waals surface area contributed by atoms with Crippen LogP contribution in [0.2, 0.25) is 0 Å². The Balaban J connectivity index is 2.48. The van der Waals surface area contributed by atoms with E-state index in [0.29, 0.717) is 5.69 Å².